The van der Waals surface area contributed by atoms with Crippen LogP contribution in [0, 0.1) is 15.5 Å². The molecule has 1 aliphatic rings. The number of benzene rings is 1. The van der Waals surface area contributed by atoms with E-state index in [-0.39, 0.29) is 26.0 Å². The topological polar surface area (TPSA) is 75.9 Å². The molecule has 1 aliphatic heterocycles. The van der Waals surface area contributed by atoms with Gasteiger partial charge >= 0.3 is 0 Å². The normalized spacial score (nSPS) is 17.7. The molecule has 168 valence electrons. The van der Waals surface area contributed by atoms with Crippen molar-refractivity contribution in [2.45, 2.75) is 61.6 Å². The van der Waals surface area contributed by atoms with E-state index in [0.29, 0.717) is 32.8 Å². The average Bonchev–Trinajstić information content (AvgIpc) is 2.58. The predicted octanol–water partition coefficient (Wildman–Crippen LogP) is 6.04. The smallest absolute Gasteiger partial charge is 0.277 e. The van der Waals surface area contributed by atoms with Crippen LogP contribution in [0.25, 0.3) is 0 Å². The van der Waals surface area contributed by atoms with Crippen LogP contribution >= 0.6 is 7.52 Å². The molecule has 1 atom stereocenters. The Kier molecular flexibility index (Phi) is 9.56. The molecule has 0 aliphatic carbocycles. The van der Waals surface area contributed by atoms with E-state index < -0.39 is 17.6 Å². The fourth-order valence-electron chi connectivity index (χ4n) is 2.98. The lowest BCUT2D eigenvalue weighted by atomic mass is 9.99. The van der Waals surface area contributed by atoms with Crippen LogP contribution in [-0.4, -0.2) is 47.5 Å². The summed E-state index contributed by atoms with van der Waals surface area (Å²) in [6.07, 6.45) is 0. The van der Waals surface area contributed by atoms with Crippen LogP contribution in [0.5, 0.6) is 0 Å². The van der Waals surface area contributed by atoms with E-state index >= 15 is 0 Å². The molecule has 0 aromatic heterocycles. The Morgan fingerprint density at radius 3 is 1.86 bits per heavy atom. The third-order valence-corrected chi connectivity index (χ3v) is 7.89. The Morgan fingerprint density at radius 1 is 1.00 bits per heavy atom. The molecule has 1 fully saturated rings. The van der Waals surface area contributed by atoms with E-state index in [9.17, 15) is 14.7 Å². The van der Waals surface area contributed by atoms with Gasteiger partial charge in [0.05, 0.1) is 16.7 Å². The SMILES string of the molecule is C.C.CC(C)(C)COP(=O)(N1CCN(c2ccc([N+](=O)[O-])cc2)CC1)C(C)(C)C. The molecule has 0 amide bonds. The van der Waals surface area contributed by atoms with Gasteiger partial charge in [-0.3, -0.25) is 14.7 Å². The van der Waals surface area contributed by atoms with Crippen molar-refractivity contribution in [2.24, 2.45) is 5.41 Å². The molecule has 1 unspecified atom stereocenters. The van der Waals surface area contributed by atoms with Gasteiger partial charge in [-0.15, -0.1) is 0 Å². The molecule has 29 heavy (non-hydrogen) atoms. The fourth-order valence-corrected chi connectivity index (χ4v) is 5.65. The molecule has 1 aromatic rings. The van der Waals surface area contributed by atoms with Crippen LogP contribution in [0.4, 0.5) is 11.4 Å². The first kappa shape index (κ1) is 27.6. The van der Waals surface area contributed by atoms with Gasteiger partial charge < -0.3 is 9.42 Å². The lowest BCUT2D eigenvalue weighted by Crippen LogP contribution is -2.47. The Balaban J connectivity index is 0.00000392. The quantitative estimate of drug-likeness (QED) is 0.322. The van der Waals surface area contributed by atoms with Gasteiger partial charge in [0.15, 0.2) is 0 Å². The van der Waals surface area contributed by atoms with Crippen LogP contribution < -0.4 is 4.90 Å². The summed E-state index contributed by atoms with van der Waals surface area (Å²) in [7, 11) is -3.00. The maximum Gasteiger partial charge on any atom is 0.277 e. The van der Waals surface area contributed by atoms with E-state index in [2.05, 4.69) is 25.7 Å². The Hall–Kier alpha value is -1.43. The Morgan fingerprint density at radius 2 is 1.48 bits per heavy atom. The number of nitrogens with zero attached hydrogens (tertiary/aromatic N) is 3. The van der Waals surface area contributed by atoms with Crippen molar-refractivity contribution >= 4 is 18.9 Å². The second-order valence-corrected chi connectivity index (χ2v) is 12.4. The van der Waals surface area contributed by atoms with E-state index in [1.165, 1.54) is 12.1 Å². The van der Waals surface area contributed by atoms with Crippen LogP contribution in [-0.2, 0) is 9.09 Å². The lowest BCUT2D eigenvalue weighted by molar-refractivity contribution is -0.384. The van der Waals surface area contributed by atoms with Gasteiger partial charge in [-0.05, 0) is 38.3 Å². The van der Waals surface area contributed by atoms with Gasteiger partial charge in [0.1, 0.15) is 0 Å². The maximum absolute atomic E-state index is 13.8. The standard InChI is InChI=1S/C19H32N3O4P.2CH4/c1-18(2,3)15-26-27(25,19(4,5)6)21-13-11-20(12-14-21)16-7-9-17(10-8-16)22(23)24;;/h7-10H,11-15H2,1-6H3;2*1H4. The van der Waals surface area contributed by atoms with Crippen molar-refractivity contribution in [1.82, 2.24) is 4.67 Å². The van der Waals surface area contributed by atoms with Crippen molar-refractivity contribution in [1.29, 1.82) is 0 Å². The van der Waals surface area contributed by atoms with Crippen molar-refractivity contribution in [3.05, 3.63) is 34.4 Å². The molecule has 0 spiro atoms. The van der Waals surface area contributed by atoms with Gasteiger partial charge in [-0.2, -0.15) is 0 Å². The van der Waals surface area contributed by atoms with E-state index in [1.54, 1.807) is 12.1 Å². The van der Waals surface area contributed by atoms with E-state index in [4.69, 9.17) is 4.52 Å². The molecule has 0 N–H and O–H groups in total. The number of nitro groups is 1. The van der Waals surface area contributed by atoms with Crippen molar-refractivity contribution in [3.63, 3.8) is 0 Å². The van der Waals surface area contributed by atoms with Gasteiger partial charge in [0.2, 0.25) is 0 Å². The molecular weight excluding hydrogens is 389 g/mol. The van der Waals surface area contributed by atoms with E-state index in [0.717, 1.165) is 5.69 Å². The molecule has 1 saturated heterocycles. The molecule has 8 heteroatoms. The molecular formula is C21H40N3O4P. The highest BCUT2D eigenvalue weighted by Crippen LogP contribution is 2.62. The number of hydrogen-bond acceptors (Lipinski definition) is 5. The number of piperazine rings is 1. The molecule has 0 saturated carbocycles. The van der Waals surface area contributed by atoms with Crippen LogP contribution in [0.15, 0.2) is 24.3 Å². The zero-order valence-electron chi connectivity index (χ0n) is 17.3. The second-order valence-electron chi connectivity index (χ2n) is 9.24. The third kappa shape index (κ3) is 6.80. The number of anilines is 1. The first-order valence-electron chi connectivity index (χ1n) is 9.33. The number of rotatable bonds is 5. The Bertz CT molecular complexity index is 700. The highest BCUT2D eigenvalue weighted by Gasteiger charge is 2.45. The van der Waals surface area contributed by atoms with Crippen molar-refractivity contribution in [3.8, 4) is 0 Å². The summed E-state index contributed by atoms with van der Waals surface area (Å²) in [5, 5.41) is 10.3. The maximum atomic E-state index is 13.8. The first-order chi connectivity index (χ1) is 12.3. The highest BCUT2D eigenvalue weighted by molar-refractivity contribution is 7.58. The van der Waals surface area contributed by atoms with Crippen LogP contribution in [0.1, 0.15) is 56.4 Å². The third-order valence-electron chi connectivity index (χ3n) is 4.57. The number of nitro benzene ring substituents is 1. The molecule has 1 heterocycles. The summed E-state index contributed by atoms with van der Waals surface area (Å²) in [6.45, 7) is 15.3. The minimum absolute atomic E-state index is 0. The molecule has 0 radical (unpaired) electrons. The minimum atomic E-state index is -3.00. The number of hydrogen-bond donors (Lipinski definition) is 0. The lowest BCUT2D eigenvalue weighted by Gasteiger charge is -2.44. The summed E-state index contributed by atoms with van der Waals surface area (Å²) in [5.74, 6) is 0. The highest BCUT2D eigenvalue weighted by atomic mass is 31.2. The zero-order valence-corrected chi connectivity index (χ0v) is 18.2. The molecule has 2 rings (SSSR count). The summed E-state index contributed by atoms with van der Waals surface area (Å²) in [5.41, 5.74) is 0.980. The number of non-ortho nitro benzene ring substituents is 1. The van der Waals surface area contributed by atoms with Crippen molar-refractivity contribution in [2.75, 3.05) is 37.7 Å². The van der Waals surface area contributed by atoms with Gasteiger partial charge in [0.25, 0.3) is 13.2 Å². The van der Waals surface area contributed by atoms with Gasteiger partial charge in [-0.25, -0.2) is 4.67 Å². The minimum Gasteiger partial charge on any atom is -0.369 e. The zero-order chi connectivity index (χ0) is 20.5. The monoisotopic (exact) mass is 429 g/mol. The largest absolute Gasteiger partial charge is 0.369 e. The average molecular weight is 430 g/mol. The summed E-state index contributed by atoms with van der Waals surface area (Å²) >= 11 is 0. The van der Waals surface area contributed by atoms with Crippen LogP contribution in [0.2, 0.25) is 0 Å². The fraction of sp³-hybridized carbons (Fsp3) is 0.714. The molecule has 7 nitrogen and oxygen atoms in total. The summed E-state index contributed by atoms with van der Waals surface area (Å²) < 4.78 is 21.9. The van der Waals surface area contributed by atoms with E-state index in [1.807, 2.05) is 25.4 Å². The predicted molar refractivity (Wildman–Crippen MR) is 123 cm³/mol. The van der Waals surface area contributed by atoms with Gasteiger partial charge in [0, 0.05) is 44.0 Å². The Labute approximate surface area is 177 Å². The summed E-state index contributed by atoms with van der Waals surface area (Å²) in [6, 6.07) is 6.59. The van der Waals surface area contributed by atoms with Gasteiger partial charge in [-0.1, -0.05) is 35.6 Å². The van der Waals surface area contributed by atoms with Crippen molar-refractivity contribution < 1.29 is 14.0 Å². The first-order valence-corrected chi connectivity index (χ1v) is 10.9. The van der Waals surface area contributed by atoms with Crippen LogP contribution in [0.3, 0.4) is 0 Å². The molecule has 1 aromatic carbocycles. The second kappa shape index (κ2) is 10.1. The summed E-state index contributed by atoms with van der Waals surface area (Å²) in [4.78, 5) is 12.6. The molecule has 0 bridgehead atoms.